The molecular weight excluding hydrogens is 554 g/mol. The Morgan fingerprint density at radius 3 is 2.30 bits per heavy atom. The maximum Gasteiger partial charge on any atom is 0.335 e. The van der Waals surface area contributed by atoms with E-state index in [9.17, 15) is 9.90 Å². The molecule has 2 heterocycles. The van der Waals surface area contributed by atoms with Crippen LogP contribution in [0, 0.1) is 5.92 Å². The largest absolute Gasteiger partial charge is 0.486 e. The maximum absolute atomic E-state index is 11.5. The van der Waals surface area contributed by atoms with E-state index in [0.29, 0.717) is 51.3 Å². The third kappa shape index (κ3) is 7.94. The Morgan fingerprint density at radius 1 is 0.886 bits per heavy atom. The van der Waals surface area contributed by atoms with E-state index in [2.05, 4.69) is 49.0 Å². The molecule has 0 unspecified atom stereocenters. The van der Waals surface area contributed by atoms with Gasteiger partial charge in [-0.15, -0.1) is 10.2 Å². The summed E-state index contributed by atoms with van der Waals surface area (Å²) in [6, 6.07) is 23.4. The molecule has 1 aliphatic heterocycles. The highest BCUT2D eigenvalue weighted by Crippen LogP contribution is 2.34. The average molecular weight is 596 g/mol. The van der Waals surface area contributed by atoms with Crippen LogP contribution in [0.4, 0.5) is 0 Å². The molecule has 5 rings (SSSR count). The first-order chi connectivity index (χ1) is 21.4. The lowest BCUT2D eigenvalue weighted by Gasteiger charge is -2.27. The summed E-state index contributed by atoms with van der Waals surface area (Å²) in [6.07, 6.45) is 2.92. The molecular formula is C36H41N3O5. The summed E-state index contributed by atoms with van der Waals surface area (Å²) < 4.78 is 18.0. The summed E-state index contributed by atoms with van der Waals surface area (Å²) in [7, 11) is 0. The van der Waals surface area contributed by atoms with Crippen molar-refractivity contribution in [3.63, 3.8) is 0 Å². The summed E-state index contributed by atoms with van der Waals surface area (Å²) in [4.78, 5) is 13.8. The highest BCUT2D eigenvalue weighted by molar-refractivity contribution is 5.87. The fourth-order valence-electron chi connectivity index (χ4n) is 5.31. The number of hydrogen-bond acceptors (Lipinski definition) is 7. The van der Waals surface area contributed by atoms with Gasteiger partial charge < -0.3 is 19.3 Å². The smallest absolute Gasteiger partial charge is 0.335 e. The van der Waals surface area contributed by atoms with Crippen molar-refractivity contribution >= 4 is 5.97 Å². The van der Waals surface area contributed by atoms with Crippen molar-refractivity contribution in [2.45, 2.75) is 59.7 Å². The molecule has 0 atom stereocenters. The number of carboxylic acid groups (broad SMARTS) is 1. The summed E-state index contributed by atoms with van der Waals surface area (Å²) in [5.74, 6) is 1.47. The number of benzene rings is 3. The fraction of sp³-hybridized carbons (Fsp3) is 0.361. The zero-order chi connectivity index (χ0) is 30.9. The normalized spacial score (nSPS) is 12.5. The van der Waals surface area contributed by atoms with Gasteiger partial charge in [0.2, 0.25) is 5.88 Å². The molecule has 1 N–H and O–H groups in total. The number of rotatable bonds is 14. The molecule has 3 aromatic carbocycles. The van der Waals surface area contributed by atoms with E-state index in [4.69, 9.17) is 19.3 Å². The van der Waals surface area contributed by atoms with Gasteiger partial charge in [-0.3, -0.25) is 4.90 Å². The predicted octanol–water partition coefficient (Wildman–Crippen LogP) is 7.19. The maximum atomic E-state index is 11.5. The van der Waals surface area contributed by atoms with Crippen molar-refractivity contribution < 1.29 is 24.1 Å². The lowest BCUT2D eigenvalue weighted by atomic mass is 9.96. The average Bonchev–Trinajstić information content (AvgIpc) is 3.04. The summed E-state index contributed by atoms with van der Waals surface area (Å²) in [6.45, 7) is 9.83. The van der Waals surface area contributed by atoms with E-state index in [0.717, 1.165) is 64.3 Å². The van der Waals surface area contributed by atoms with Gasteiger partial charge in [0, 0.05) is 30.8 Å². The second-order valence-corrected chi connectivity index (χ2v) is 11.6. The van der Waals surface area contributed by atoms with E-state index >= 15 is 0 Å². The van der Waals surface area contributed by atoms with Crippen LogP contribution in [-0.4, -0.2) is 46.0 Å². The topological polar surface area (TPSA) is 94.0 Å². The Labute approximate surface area is 259 Å². The first-order valence-electron chi connectivity index (χ1n) is 15.4. The SMILES string of the molecule is CCCCc1c(-c2ccccc2)nnc(OCC(C)C)c1CN(Cc1ccc(C(=O)O)cc1)Cc1ccc2c(c1)OCCO2. The minimum Gasteiger partial charge on any atom is -0.486 e. The molecule has 1 aromatic heterocycles. The fourth-order valence-corrected chi connectivity index (χ4v) is 5.31. The minimum atomic E-state index is -0.937. The van der Waals surface area contributed by atoms with Crippen molar-refractivity contribution in [1.82, 2.24) is 15.1 Å². The van der Waals surface area contributed by atoms with E-state index in [-0.39, 0.29) is 5.56 Å². The summed E-state index contributed by atoms with van der Waals surface area (Å²) in [5, 5.41) is 18.8. The molecule has 8 nitrogen and oxygen atoms in total. The number of carboxylic acids is 1. The van der Waals surface area contributed by atoms with Crippen molar-refractivity contribution in [3.05, 3.63) is 101 Å². The van der Waals surface area contributed by atoms with Crippen molar-refractivity contribution in [3.8, 4) is 28.6 Å². The van der Waals surface area contributed by atoms with E-state index < -0.39 is 5.97 Å². The van der Waals surface area contributed by atoms with Crippen molar-refractivity contribution in [2.24, 2.45) is 5.92 Å². The van der Waals surface area contributed by atoms with Crippen LogP contribution in [0.15, 0.2) is 72.8 Å². The van der Waals surface area contributed by atoms with Crippen LogP contribution in [0.25, 0.3) is 11.3 Å². The molecule has 4 aromatic rings. The molecule has 1 aliphatic rings. The van der Waals surface area contributed by atoms with E-state index in [1.165, 1.54) is 0 Å². The van der Waals surface area contributed by atoms with Gasteiger partial charge in [0.15, 0.2) is 11.5 Å². The van der Waals surface area contributed by atoms with Crippen LogP contribution >= 0.6 is 0 Å². The van der Waals surface area contributed by atoms with Crippen LogP contribution in [0.3, 0.4) is 0 Å². The van der Waals surface area contributed by atoms with Crippen LogP contribution in [0.2, 0.25) is 0 Å². The standard InChI is InChI=1S/C36H41N3O5/c1-4-5-11-30-31(35(44-24-25(2)3)38-37-34(30)28-9-7-6-8-10-28)23-39(21-26-12-15-29(16-13-26)36(40)41)22-27-14-17-32-33(20-27)43-19-18-42-32/h6-10,12-17,20,25H,4-5,11,18-19,21-24H2,1-3H3,(H,40,41). The molecule has 0 amide bonds. The number of ether oxygens (including phenoxy) is 3. The van der Waals surface area contributed by atoms with Crippen molar-refractivity contribution in [2.75, 3.05) is 19.8 Å². The molecule has 0 saturated carbocycles. The number of aromatic nitrogens is 2. The van der Waals surface area contributed by atoms with Crippen molar-refractivity contribution in [1.29, 1.82) is 0 Å². The molecule has 0 radical (unpaired) electrons. The molecule has 0 aliphatic carbocycles. The predicted molar refractivity (Wildman–Crippen MR) is 170 cm³/mol. The molecule has 0 fully saturated rings. The van der Waals surface area contributed by atoms with Crippen LogP contribution in [-0.2, 0) is 26.1 Å². The van der Waals surface area contributed by atoms with Gasteiger partial charge >= 0.3 is 5.97 Å². The van der Waals surface area contributed by atoms with Crippen LogP contribution < -0.4 is 14.2 Å². The zero-order valence-electron chi connectivity index (χ0n) is 25.8. The number of aromatic carboxylic acids is 1. The second kappa shape index (κ2) is 14.8. The summed E-state index contributed by atoms with van der Waals surface area (Å²) in [5.41, 5.74) is 6.47. The summed E-state index contributed by atoms with van der Waals surface area (Å²) >= 11 is 0. The minimum absolute atomic E-state index is 0.268. The third-order valence-electron chi connectivity index (χ3n) is 7.53. The first-order valence-corrected chi connectivity index (χ1v) is 15.4. The molecule has 44 heavy (non-hydrogen) atoms. The Kier molecular flexibility index (Phi) is 10.5. The number of carbonyl (C=O) groups is 1. The van der Waals surface area contributed by atoms with E-state index in [1.54, 1.807) is 12.1 Å². The second-order valence-electron chi connectivity index (χ2n) is 11.6. The van der Waals surface area contributed by atoms with Gasteiger partial charge in [-0.25, -0.2) is 4.79 Å². The van der Waals surface area contributed by atoms with E-state index in [1.807, 2.05) is 42.5 Å². The number of nitrogens with zero attached hydrogens (tertiary/aromatic N) is 3. The van der Waals surface area contributed by atoms with Crippen LogP contribution in [0.1, 0.15) is 66.2 Å². The lowest BCUT2D eigenvalue weighted by Crippen LogP contribution is -2.25. The monoisotopic (exact) mass is 595 g/mol. The lowest BCUT2D eigenvalue weighted by molar-refractivity contribution is 0.0697. The molecule has 230 valence electrons. The van der Waals surface area contributed by atoms with Gasteiger partial charge in [0.1, 0.15) is 13.2 Å². The first kappa shape index (κ1) is 31.0. The van der Waals surface area contributed by atoms with Gasteiger partial charge in [-0.2, -0.15) is 0 Å². The van der Waals surface area contributed by atoms with Gasteiger partial charge in [-0.1, -0.05) is 75.7 Å². The molecule has 8 heteroatoms. The Balaban J connectivity index is 1.56. The highest BCUT2D eigenvalue weighted by Gasteiger charge is 2.23. The molecule has 0 saturated heterocycles. The number of fused-ring (bicyclic) bond motifs is 1. The quantitative estimate of drug-likeness (QED) is 0.164. The highest BCUT2D eigenvalue weighted by atomic mass is 16.6. The van der Waals surface area contributed by atoms with Gasteiger partial charge in [-0.05, 0) is 59.7 Å². The Morgan fingerprint density at radius 2 is 1.59 bits per heavy atom. The molecule has 0 bridgehead atoms. The van der Waals surface area contributed by atoms with Crippen LogP contribution in [0.5, 0.6) is 17.4 Å². The Hall–Kier alpha value is -4.43. The Bertz CT molecular complexity index is 1540. The number of hydrogen-bond donors (Lipinski definition) is 1. The van der Waals surface area contributed by atoms with Gasteiger partial charge in [0.05, 0.1) is 17.9 Å². The third-order valence-corrected chi connectivity index (χ3v) is 7.53. The molecule has 0 spiro atoms. The van der Waals surface area contributed by atoms with Gasteiger partial charge in [0.25, 0.3) is 0 Å². The zero-order valence-corrected chi connectivity index (χ0v) is 25.8. The number of unbranched alkanes of at least 4 members (excludes halogenated alkanes) is 1.